The summed E-state index contributed by atoms with van der Waals surface area (Å²) in [5, 5.41) is 1.10. The first-order chi connectivity index (χ1) is 23.7. The Labute approximate surface area is 306 Å². The van der Waals surface area contributed by atoms with Gasteiger partial charge in [-0.1, -0.05) is 55.1 Å². The minimum atomic E-state index is -4.26. The Morgan fingerprint density at radius 1 is 1.04 bits per heavy atom. The third kappa shape index (κ3) is 10.3. The zero-order valence-corrected chi connectivity index (χ0v) is 32.0. The highest BCUT2D eigenvalue weighted by atomic mass is 35.5. The third-order valence-corrected chi connectivity index (χ3v) is 11.4. The van der Waals surface area contributed by atoms with Gasteiger partial charge >= 0.3 is 0 Å². The van der Waals surface area contributed by atoms with E-state index >= 15 is 0 Å². The van der Waals surface area contributed by atoms with Crippen LogP contribution < -0.4 is 15.2 Å². The quantitative estimate of drug-likeness (QED) is 0.201. The standard InChI is InChI=1S/C36H50Cl2N6O5S/c1-6-7-12-30(36(46)44-19-17-43(18-20-44)33(45)22-26(39)10-9-16-42(4)5)41-50(47,48)32-15-14-29(37)28(34(32)38)23-49-31-13-8-11-27-24(2)21-25(3)40-35(27)31/h8,11,13-15,21,26,30,41H,6-7,9-10,12,16-20,22-23,39H2,1-5H3/t26-,30+/m0/s1. The fourth-order valence-corrected chi connectivity index (χ4v) is 8.26. The number of fused-ring (bicyclic) bond motifs is 1. The van der Waals surface area contributed by atoms with E-state index < -0.39 is 16.1 Å². The monoisotopic (exact) mass is 748 g/mol. The molecule has 4 rings (SSSR count). The minimum absolute atomic E-state index is 0.0307. The van der Waals surface area contributed by atoms with Gasteiger partial charge in [0.1, 0.15) is 28.8 Å². The molecule has 1 aliphatic rings. The van der Waals surface area contributed by atoms with E-state index in [0.29, 0.717) is 55.9 Å². The van der Waals surface area contributed by atoms with E-state index in [1.54, 1.807) is 15.9 Å². The number of piperazine rings is 1. The molecule has 1 saturated heterocycles. The van der Waals surface area contributed by atoms with Crippen LogP contribution in [0.1, 0.15) is 62.3 Å². The van der Waals surface area contributed by atoms with E-state index in [1.807, 2.05) is 53.1 Å². The molecule has 2 atom stereocenters. The van der Waals surface area contributed by atoms with E-state index in [0.717, 1.165) is 42.5 Å². The molecule has 0 saturated carbocycles. The van der Waals surface area contributed by atoms with Crippen molar-refractivity contribution in [3.8, 4) is 5.75 Å². The molecule has 2 aromatic carbocycles. The number of pyridine rings is 1. The second-order valence-corrected chi connectivity index (χ2v) is 15.8. The lowest BCUT2D eigenvalue weighted by Crippen LogP contribution is -2.56. The molecule has 1 aliphatic heterocycles. The van der Waals surface area contributed by atoms with Gasteiger partial charge in [-0.25, -0.2) is 13.4 Å². The maximum absolute atomic E-state index is 13.8. The highest BCUT2D eigenvalue weighted by molar-refractivity contribution is 7.89. The highest BCUT2D eigenvalue weighted by Crippen LogP contribution is 2.34. The summed E-state index contributed by atoms with van der Waals surface area (Å²) in [6.07, 6.45) is 3.64. The number of carbonyl (C=O) groups is 2. The zero-order chi connectivity index (χ0) is 36.6. The predicted molar refractivity (Wildman–Crippen MR) is 199 cm³/mol. The molecule has 1 fully saturated rings. The Balaban J connectivity index is 1.44. The van der Waals surface area contributed by atoms with Crippen LogP contribution in [0.25, 0.3) is 10.9 Å². The number of benzene rings is 2. The normalized spacial score (nSPS) is 15.1. The molecule has 3 N–H and O–H groups in total. The Morgan fingerprint density at radius 2 is 1.74 bits per heavy atom. The molecule has 14 heteroatoms. The zero-order valence-electron chi connectivity index (χ0n) is 29.7. The topological polar surface area (TPSA) is 138 Å². The van der Waals surface area contributed by atoms with Crippen molar-refractivity contribution in [1.29, 1.82) is 0 Å². The van der Waals surface area contributed by atoms with Crippen LogP contribution in [0.4, 0.5) is 0 Å². The number of amides is 2. The summed E-state index contributed by atoms with van der Waals surface area (Å²) in [4.78, 5) is 36.5. The van der Waals surface area contributed by atoms with Crippen molar-refractivity contribution in [3.63, 3.8) is 0 Å². The largest absolute Gasteiger partial charge is 0.487 e. The lowest BCUT2D eigenvalue weighted by Gasteiger charge is -2.37. The fraction of sp³-hybridized carbons (Fsp3) is 0.528. The first-order valence-corrected chi connectivity index (χ1v) is 19.4. The van der Waals surface area contributed by atoms with Crippen LogP contribution in [-0.2, 0) is 26.2 Å². The van der Waals surface area contributed by atoms with Crippen molar-refractivity contribution in [1.82, 2.24) is 24.4 Å². The van der Waals surface area contributed by atoms with E-state index in [4.69, 9.17) is 33.7 Å². The van der Waals surface area contributed by atoms with Gasteiger partial charge in [-0.05, 0) is 83.6 Å². The van der Waals surface area contributed by atoms with Gasteiger partial charge in [-0.3, -0.25) is 9.59 Å². The average Bonchev–Trinajstić information content (AvgIpc) is 3.06. The van der Waals surface area contributed by atoms with Gasteiger partial charge in [-0.2, -0.15) is 4.72 Å². The van der Waals surface area contributed by atoms with Crippen LogP contribution in [0.5, 0.6) is 5.75 Å². The molecule has 2 heterocycles. The number of halogens is 2. The molecule has 50 heavy (non-hydrogen) atoms. The van der Waals surface area contributed by atoms with Crippen molar-refractivity contribution in [2.45, 2.75) is 82.9 Å². The molecule has 0 spiro atoms. The number of nitrogens with one attached hydrogen (secondary N) is 1. The molecule has 0 radical (unpaired) electrons. The van der Waals surface area contributed by atoms with Crippen LogP contribution in [0.2, 0.25) is 10.0 Å². The van der Waals surface area contributed by atoms with E-state index in [-0.39, 0.29) is 45.8 Å². The lowest BCUT2D eigenvalue weighted by atomic mass is 10.1. The summed E-state index contributed by atoms with van der Waals surface area (Å²) in [5.74, 6) is 0.150. The van der Waals surface area contributed by atoms with E-state index in [9.17, 15) is 18.0 Å². The SMILES string of the molecule is CCCC[C@@H](NS(=O)(=O)c1ccc(Cl)c(COc2cccc3c(C)cc(C)nc23)c1Cl)C(=O)N1CCN(C(=O)C[C@@H](N)CCCN(C)C)CC1. The lowest BCUT2D eigenvalue weighted by molar-refractivity contribution is -0.140. The summed E-state index contributed by atoms with van der Waals surface area (Å²) in [5.41, 5.74) is 9.10. The number of para-hydroxylation sites is 1. The van der Waals surface area contributed by atoms with Crippen molar-refractivity contribution in [2.24, 2.45) is 5.73 Å². The molecular weight excluding hydrogens is 699 g/mol. The van der Waals surface area contributed by atoms with Gasteiger partial charge in [0.2, 0.25) is 21.8 Å². The number of nitrogens with two attached hydrogens (primary N) is 1. The molecule has 11 nitrogen and oxygen atoms in total. The predicted octanol–water partition coefficient (Wildman–Crippen LogP) is 5.30. The van der Waals surface area contributed by atoms with Crippen molar-refractivity contribution in [2.75, 3.05) is 46.8 Å². The van der Waals surface area contributed by atoms with Crippen molar-refractivity contribution < 1.29 is 22.7 Å². The first kappa shape index (κ1) is 39.8. The fourth-order valence-electron chi connectivity index (χ4n) is 6.15. The second kappa shape index (κ2) is 18.0. The van der Waals surface area contributed by atoms with Gasteiger partial charge in [-0.15, -0.1) is 0 Å². The molecule has 0 unspecified atom stereocenters. The number of sulfonamides is 1. The Hall–Kier alpha value is -3.00. The number of aryl methyl sites for hydroxylation is 2. The smallest absolute Gasteiger partial charge is 0.242 e. The van der Waals surface area contributed by atoms with Gasteiger partial charge in [0.15, 0.2) is 0 Å². The summed E-state index contributed by atoms with van der Waals surface area (Å²) >= 11 is 13.2. The van der Waals surface area contributed by atoms with Gasteiger partial charge in [0, 0.05) is 60.3 Å². The maximum atomic E-state index is 13.8. The summed E-state index contributed by atoms with van der Waals surface area (Å²) in [6.45, 7) is 8.02. The van der Waals surface area contributed by atoms with Crippen molar-refractivity contribution >= 4 is 55.9 Å². The van der Waals surface area contributed by atoms with Crippen molar-refractivity contribution in [3.05, 3.63) is 63.3 Å². The Morgan fingerprint density at radius 3 is 2.42 bits per heavy atom. The minimum Gasteiger partial charge on any atom is -0.487 e. The summed E-state index contributed by atoms with van der Waals surface area (Å²) < 4.78 is 36.4. The number of aromatic nitrogens is 1. The molecular formula is C36H50Cl2N6O5S. The number of ether oxygens (including phenoxy) is 1. The van der Waals surface area contributed by atoms with Crippen LogP contribution in [0.15, 0.2) is 41.3 Å². The van der Waals surface area contributed by atoms with Crippen LogP contribution >= 0.6 is 23.2 Å². The van der Waals surface area contributed by atoms with Crippen LogP contribution in [-0.4, -0.2) is 98.8 Å². The number of hydrogen-bond donors (Lipinski definition) is 2. The number of carbonyl (C=O) groups excluding carboxylic acids is 2. The summed E-state index contributed by atoms with van der Waals surface area (Å²) in [7, 11) is -0.257. The number of unbranched alkanes of at least 4 members (excludes halogenated alkanes) is 1. The number of rotatable bonds is 16. The molecule has 0 bridgehead atoms. The Kier molecular flexibility index (Phi) is 14.3. The summed E-state index contributed by atoms with van der Waals surface area (Å²) in [6, 6.07) is 9.18. The van der Waals surface area contributed by atoms with Gasteiger partial charge < -0.3 is 25.2 Å². The average molecular weight is 750 g/mol. The van der Waals surface area contributed by atoms with Gasteiger partial charge in [0.25, 0.3) is 0 Å². The third-order valence-electron chi connectivity index (χ3n) is 8.95. The molecule has 1 aromatic heterocycles. The van der Waals surface area contributed by atoms with E-state index in [1.165, 1.54) is 12.1 Å². The molecule has 3 aromatic rings. The maximum Gasteiger partial charge on any atom is 0.242 e. The number of hydrogen-bond acceptors (Lipinski definition) is 8. The van der Waals surface area contributed by atoms with Crippen LogP contribution in [0.3, 0.4) is 0 Å². The molecule has 274 valence electrons. The van der Waals surface area contributed by atoms with E-state index in [2.05, 4.69) is 14.6 Å². The van der Waals surface area contributed by atoms with Crippen LogP contribution in [0, 0.1) is 13.8 Å². The Bertz CT molecular complexity index is 1770. The molecule has 2 amide bonds. The number of nitrogens with zero attached hydrogens (tertiary/aromatic N) is 4. The second-order valence-electron chi connectivity index (χ2n) is 13.3. The van der Waals surface area contributed by atoms with Gasteiger partial charge in [0.05, 0.1) is 5.02 Å². The highest BCUT2D eigenvalue weighted by Gasteiger charge is 2.33. The first-order valence-electron chi connectivity index (χ1n) is 17.2. The molecule has 0 aliphatic carbocycles.